The lowest BCUT2D eigenvalue weighted by atomic mass is 9.96. The molecule has 0 fully saturated rings. The van der Waals surface area contributed by atoms with E-state index in [0.717, 1.165) is 16.4 Å². The zero-order valence-corrected chi connectivity index (χ0v) is 14.0. The van der Waals surface area contributed by atoms with Crippen molar-refractivity contribution >= 4 is 32.3 Å². The van der Waals surface area contributed by atoms with E-state index in [1.54, 1.807) is 14.1 Å². The Labute approximate surface area is 123 Å². The zero-order chi connectivity index (χ0) is 15.7. The van der Waals surface area contributed by atoms with Crippen LogP contribution in [0.2, 0.25) is 0 Å². The van der Waals surface area contributed by atoms with Gasteiger partial charge in [-0.05, 0) is 18.7 Å². The van der Waals surface area contributed by atoms with Gasteiger partial charge in [-0.1, -0.05) is 20.8 Å². The molecule has 0 radical (unpaired) electrons. The summed E-state index contributed by atoms with van der Waals surface area (Å²) in [5, 5.41) is 4.44. The van der Waals surface area contributed by atoms with Crippen molar-refractivity contribution < 1.29 is 13.2 Å². The minimum atomic E-state index is -2.33. The number of carbonyl (C=O) groups is 1. The van der Waals surface area contributed by atoms with Gasteiger partial charge >= 0.3 is 6.03 Å². The van der Waals surface area contributed by atoms with Crippen LogP contribution in [0.1, 0.15) is 33.5 Å². The topological polar surface area (TPSA) is 85.2 Å². The second kappa shape index (κ2) is 5.96. The standard InChI is InChI=1S/C11H18N4O3S2/c1-7(20(17)18)19-9-12-8(11(2,3)4)13-15(9)10(16)14(5)6/h1-6H3. The van der Waals surface area contributed by atoms with Crippen molar-refractivity contribution in [3.05, 3.63) is 5.82 Å². The second-order valence-electron chi connectivity index (χ2n) is 5.39. The fourth-order valence-electron chi connectivity index (χ4n) is 1.16. The van der Waals surface area contributed by atoms with Crippen molar-refractivity contribution in [1.82, 2.24) is 19.7 Å². The smallest absolute Gasteiger partial charge is 0.329 e. The van der Waals surface area contributed by atoms with E-state index in [4.69, 9.17) is 0 Å². The average molecular weight is 318 g/mol. The summed E-state index contributed by atoms with van der Waals surface area (Å²) in [6.45, 7) is 7.21. The number of hydrogen-bond donors (Lipinski definition) is 0. The molecule has 0 aliphatic heterocycles. The molecular weight excluding hydrogens is 300 g/mol. The van der Waals surface area contributed by atoms with Gasteiger partial charge in [0.25, 0.3) is 0 Å². The van der Waals surface area contributed by atoms with Crippen LogP contribution in [0, 0.1) is 0 Å². The quantitative estimate of drug-likeness (QED) is 0.572. The predicted octanol–water partition coefficient (Wildman–Crippen LogP) is 1.23. The van der Waals surface area contributed by atoms with Gasteiger partial charge < -0.3 is 4.90 Å². The molecule has 0 aliphatic carbocycles. The van der Waals surface area contributed by atoms with Crippen LogP contribution in [-0.2, 0) is 15.7 Å². The molecular formula is C11H18N4O3S2. The molecule has 20 heavy (non-hydrogen) atoms. The number of amides is 1. The number of aromatic nitrogens is 3. The van der Waals surface area contributed by atoms with Crippen LogP contribution >= 0.6 is 11.8 Å². The lowest BCUT2D eigenvalue weighted by molar-refractivity contribution is 0.213. The van der Waals surface area contributed by atoms with Crippen LogP contribution < -0.4 is 0 Å². The summed E-state index contributed by atoms with van der Waals surface area (Å²) in [4.78, 5) is 17.7. The minimum absolute atomic E-state index is 0.130. The largest absolute Gasteiger partial charge is 0.346 e. The highest BCUT2D eigenvalue weighted by molar-refractivity contribution is 8.21. The third kappa shape index (κ3) is 3.83. The molecule has 0 unspecified atom stereocenters. The molecule has 0 atom stereocenters. The van der Waals surface area contributed by atoms with Gasteiger partial charge in [0.15, 0.2) is 5.82 Å². The monoisotopic (exact) mass is 318 g/mol. The second-order valence-corrected chi connectivity index (χ2v) is 7.91. The SMILES string of the molecule is CC(Sc1nc(C(C)(C)C)nn1C(=O)N(C)C)=S(=O)=O. The Morgan fingerprint density at radius 2 is 1.85 bits per heavy atom. The Balaban J connectivity index is 3.37. The molecule has 9 heteroatoms. The van der Waals surface area contributed by atoms with Crippen molar-refractivity contribution in [3.63, 3.8) is 0 Å². The van der Waals surface area contributed by atoms with Gasteiger partial charge in [0.1, 0.15) is 4.20 Å². The Morgan fingerprint density at radius 1 is 1.30 bits per heavy atom. The van der Waals surface area contributed by atoms with Crippen molar-refractivity contribution in [2.45, 2.75) is 38.3 Å². The van der Waals surface area contributed by atoms with E-state index >= 15 is 0 Å². The summed E-state index contributed by atoms with van der Waals surface area (Å²) >= 11 is 0.907. The lowest BCUT2D eigenvalue weighted by Gasteiger charge is -2.13. The molecule has 1 amide bonds. The summed E-state index contributed by atoms with van der Waals surface area (Å²) in [6, 6.07) is -0.375. The Hall–Kier alpha value is -1.35. The number of thioether (sulfide) groups is 1. The van der Waals surface area contributed by atoms with E-state index in [1.807, 2.05) is 20.8 Å². The molecule has 112 valence electrons. The number of nitrogens with zero attached hydrogens (tertiary/aromatic N) is 4. The molecule has 0 saturated heterocycles. The van der Waals surface area contributed by atoms with Gasteiger partial charge in [-0.15, -0.1) is 5.10 Å². The Bertz CT molecular complexity index is 646. The first-order valence-corrected chi connectivity index (χ1v) is 7.73. The fraction of sp³-hybridized carbons (Fsp3) is 0.636. The summed E-state index contributed by atoms with van der Waals surface area (Å²) in [6.07, 6.45) is 0. The van der Waals surface area contributed by atoms with Gasteiger partial charge in [-0.2, -0.15) is 13.1 Å². The van der Waals surface area contributed by atoms with E-state index in [9.17, 15) is 13.2 Å². The Kier molecular flexibility index (Phi) is 4.98. The normalized spacial score (nSPS) is 11.3. The van der Waals surface area contributed by atoms with Crippen LogP contribution in [0.3, 0.4) is 0 Å². The highest BCUT2D eigenvalue weighted by Gasteiger charge is 2.25. The number of hydrogen-bond acceptors (Lipinski definition) is 6. The highest BCUT2D eigenvalue weighted by Crippen LogP contribution is 2.24. The van der Waals surface area contributed by atoms with E-state index in [2.05, 4.69) is 10.1 Å². The Morgan fingerprint density at radius 3 is 2.25 bits per heavy atom. The minimum Gasteiger partial charge on any atom is -0.329 e. The van der Waals surface area contributed by atoms with Crippen LogP contribution in [-0.4, -0.2) is 52.4 Å². The van der Waals surface area contributed by atoms with Crippen LogP contribution in [0.15, 0.2) is 5.16 Å². The summed E-state index contributed by atoms with van der Waals surface area (Å²) in [5.41, 5.74) is -0.336. The molecule has 0 N–H and O–H groups in total. The van der Waals surface area contributed by atoms with Gasteiger partial charge in [0.05, 0.1) is 0 Å². The van der Waals surface area contributed by atoms with Crippen molar-refractivity contribution in [2.75, 3.05) is 14.1 Å². The van der Waals surface area contributed by atoms with Gasteiger partial charge in [0, 0.05) is 19.5 Å². The molecule has 1 aromatic rings. The van der Waals surface area contributed by atoms with Crippen LogP contribution in [0.4, 0.5) is 4.79 Å². The maximum Gasteiger partial charge on any atom is 0.346 e. The third-order valence-corrected chi connectivity index (χ3v) is 4.14. The van der Waals surface area contributed by atoms with Gasteiger partial charge in [0.2, 0.25) is 15.4 Å². The van der Waals surface area contributed by atoms with E-state index in [0.29, 0.717) is 5.82 Å². The lowest BCUT2D eigenvalue weighted by Crippen LogP contribution is -2.29. The molecule has 0 saturated carbocycles. The fourth-order valence-corrected chi connectivity index (χ4v) is 2.25. The number of carbonyl (C=O) groups excluding carboxylic acids is 1. The van der Waals surface area contributed by atoms with E-state index in [-0.39, 0.29) is 20.8 Å². The summed E-state index contributed by atoms with van der Waals surface area (Å²) < 4.78 is 23.1. The predicted molar refractivity (Wildman–Crippen MR) is 78.7 cm³/mol. The average Bonchev–Trinajstić information content (AvgIpc) is 2.71. The van der Waals surface area contributed by atoms with Gasteiger partial charge in [-0.25, -0.2) is 9.78 Å². The maximum absolute atomic E-state index is 12.1. The molecule has 1 heterocycles. The number of rotatable bonds is 1. The van der Waals surface area contributed by atoms with Crippen LogP contribution in [0.5, 0.6) is 0 Å². The maximum atomic E-state index is 12.1. The van der Waals surface area contributed by atoms with Crippen LogP contribution in [0.25, 0.3) is 0 Å². The zero-order valence-electron chi connectivity index (χ0n) is 12.3. The first-order valence-electron chi connectivity index (χ1n) is 5.84. The van der Waals surface area contributed by atoms with Crippen molar-refractivity contribution in [3.8, 4) is 0 Å². The molecule has 1 aromatic heterocycles. The van der Waals surface area contributed by atoms with Gasteiger partial charge in [-0.3, -0.25) is 0 Å². The van der Waals surface area contributed by atoms with Crippen molar-refractivity contribution in [2.24, 2.45) is 0 Å². The first kappa shape index (κ1) is 16.7. The molecule has 7 nitrogen and oxygen atoms in total. The molecule has 0 aromatic carbocycles. The molecule has 0 spiro atoms. The molecule has 1 rings (SSSR count). The highest BCUT2D eigenvalue weighted by atomic mass is 32.2. The van der Waals surface area contributed by atoms with E-state index in [1.165, 1.54) is 11.8 Å². The molecule has 0 aliphatic rings. The summed E-state index contributed by atoms with van der Waals surface area (Å²) in [7, 11) is 0.858. The van der Waals surface area contributed by atoms with E-state index < -0.39 is 10.3 Å². The molecule has 0 bridgehead atoms. The summed E-state index contributed by atoms with van der Waals surface area (Å²) in [5.74, 6) is 0.486. The van der Waals surface area contributed by atoms with Crippen molar-refractivity contribution in [1.29, 1.82) is 0 Å². The third-order valence-electron chi connectivity index (χ3n) is 2.28. The first-order chi connectivity index (χ1) is 9.04.